The van der Waals surface area contributed by atoms with E-state index in [1.165, 1.54) is 0 Å². The van der Waals surface area contributed by atoms with Gasteiger partial charge >= 0.3 is 0 Å². The molecule has 5 nitrogen and oxygen atoms in total. The van der Waals surface area contributed by atoms with E-state index in [-0.39, 0.29) is 5.96 Å². The molecule has 0 heterocycles. The highest BCUT2D eigenvalue weighted by Crippen LogP contribution is 1.95. The van der Waals surface area contributed by atoms with Gasteiger partial charge in [0.05, 0.1) is 0 Å². The number of amides is 1. The van der Waals surface area contributed by atoms with Crippen LogP contribution in [0.2, 0.25) is 0 Å². The second kappa shape index (κ2) is 4.32. The van der Waals surface area contributed by atoms with Gasteiger partial charge in [0.15, 0.2) is 5.96 Å². The summed E-state index contributed by atoms with van der Waals surface area (Å²) < 4.78 is 0. The number of primary amides is 1. The highest BCUT2D eigenvalue weighted by atomic mass is 16.1. The number of carbonyl (C=O) groups is 1. The first-order valence-electron chi connectivity index (χ1n) is 3.07. The molecule has 0 aromatic rings. The van der Waals surface area contributed by atoms with Crippen LogP contribution >= 0.6 is 0 Å². The van der Waals surface area contributed by atoms with Gasteiger partial charge in [-0.15, -0.1) is 0 Å². The van der Waals surface area contributed by atoms with Crippen LogP contribution in [-0.2, 0) is 4.79 Å². The Morgan fingerprint density at radius 1 is 1.36 bits per heavy atom. The van der Waals surface area contributed by atoms with Crippen LogP contribution in [0.5, 0.6) is 0 Å². The molecule has 0 fully saturated rings. The third kappa shape index (κ3) is 4.95. The minimum absolute atomic E-state index is 0.00210. The Morgan fingerprint density at radius 3 is 2.27 bits per heavy atom. The third-order valence-electron chi connectivity index (χ3n) is 1.06. The van der Waals surface area contributed by atoms with Gasteiger partial charge in [-0.3, -0.25) is 9.79 Å². The monoisotopic (exact) mass is 156 g/mol. The molecule has 0 radical (unpaired) electrons. The first-order valence-corrected chi connectivity index (χ1v) is 3.07. The van der Waals surface area contributed by atoms with Crippen LogP contribution < -0.4 is 17.2 Å². The zero-order chi connectivity index (χ0) is 8.85. The van der Waals surface area contributed by atoms with E-state index in [2.05, 4.69) is 11.6 Å². The van der Waals surface area contributed by atoms with E-state index in [4.69, 9.17) is 17.2 Å². The molecule has 0 aliphatic heterocycles. The van der Waals surface area contributed by atoms with Gasteiger partial charge in [-0.05, 0) is 6.42 Å². The SMILES string of the molecule is C=C(CCN=C(N)N)C(N)=O. The number of carbonyl (C=O) groups excluding carboxylic acids is 1. The standard InChI is InChI=1S/C6H12N4O/c1-4(5(7)11)2-3-10-6(8)9/h1-3H2,(H2,7,11)(H4,8,9,10). The fourth-order valence-corrected chi connectivity index (χ4v) is 0.443. The van der Waals surface area contributed by atoms with Crippen molar-refractivity contribution in [2.24, 2.45) is 22.2 Å². The quantitative estimate of drug-likeness (QED) is 0.267. The predicted molar refractivity (Wildman–Crippen MR) is 43.6 cm³/mol. The Morgan fingerprint density at radius 2 is 1.91 bits per heavy atom. The molecule has 0 atom stereocenters. The van der Waals surface area contributed by atoms with Crippen molar-refractivity contribution in [3.05, 3.63) is 12.2 Å². The molecule has 0 rings (SSSR count). The van der Waals surface area contributed by atoms with Crippen LogP contribution in [0.25, 0.3) is 0 Å². The van der Waals surface area contributed by atoms with Crippen molar-refractivity contribution in [1.29, 1.82) is 0 Å². The van der Waals surface area contributed by atoms with E-state index < -0.39 is 5.91 Å². The van der Waals surface area contributed by atoms with Gasteiger partial charge in [0.25, 0.3) is 0 Å². The van der Waals surface area contributed by atoms with Gasteiger partial charge in [0.2, 0.25) is 5.91 Å². The van der Waals surface area contributed by atoms with Crippen molar-refractivity contribution in [1.82, 2.24) is 0 Å². The predicted octanol–water partition coefficient (Wildman–Crippen LogP) is -1.31. The molecule has 0 spiro atoms. The lowest BCUT2D eigenvalue weighted by molar-refractivity contribution is -0.114. The molecule has 0 aromatic heterocycles. The van der Waals surface area contributed by atoms with Crippen LogP contribution in [0.4, 0.5) is 0 Å². The van der Waals surface area contributed by atoms with Crippen LogP contribution in [0.3, 0.4) is 0 Å². The van der Waals surface area contributed by atoms with E-state index >= 15 is 0 Å². The van der Waals surface area contributed by atoms with E-state index in [1.54, 1.807) is 0 Å². The van der Waals surface area contributed by atoms with Crippen LogP contribution in [-0.4, -0.2) is 18.4 Å². The Bertz CT molecular complexity index is 193. The zero-order valence-corrected chi connectivity index (χ0v) is 6.21. The van der Waals surface area contributed by atoms with E-state index in [0.717, 1.165) is 0 Å². The molecule has 0 saturated carbocycles. The minimum Gasteiger partial charge on any atom is -0.370 e. The first-order chi connectivity index (χ1) is 5.04. The summed E-state index contributed by atoms with van der Waals surface area (Å²) in [5, 5.41) is 0. The van der Waals surface area contributed by atoms with E-state index in [0.29, 0.717) is 18.5 Å². The molecule has 0 aliphatic rings. The molecular formula is C6H12N4O. The summed E-state index contributed by atoms with van der Waals surface area (Å²) in [5.74, 6) is -0.516. The lowest BCUT2D eigenvalue weighted by atomic mass is 10.2. The molecule has 62 valence electrons. The maximum atomic E-state index is 10.4. The zero-order valence-electron chi connectivity index (χ0n) is 6.21. The van der Waals surface area contributed by atoms with Crippen molar-refractivity contribution in [3.63, 3.8) is 0 Å². The van der Waals surface area contributed by atoms with E-state index in [1.807, 2.05) is 0 Å². The molecule has 0 unspecified atom stereocenters. The number of nitrogens with zero attached hydrogens (tertiary/aromatic N) is 1. The van der Waals surface area contributed by atoms with Gasteiger partial charge in [0, 0.05) is 12.1 Å². The van der Waals surface area contributed by atoms with Crippen molar-refractivity contribution >= 4 is 11.9 Å². The summed E-state index contributed by atoms with van der Waals surface area (Å²) in [6, 6.07) is 0. The maximum absolute atomic E-state index is 10.4. The Labute approximate surface area is 65.0 Å². The molecule has 6 N–H and O–H groups in total. The minimum atomic E-state index is -0.518. The smallest absolute Gasteiger partial charge is 0.244 e. The fraction of sp³-hybridized carbons (Fsp3) is 0.333. The number of nitrogens with two attached hydrogens (primary N) is 3. The molecular weight excluding hydrogens is 144 g/mol. The number of rotatable bonds is 4. The summed E-state index contributed by atoms with van der Waals surface area (Å²) >= 11 is 0. The molecule has 11 heavy (non-hydrogen) atoms. The number of guanidine groups is 1. The topological polar surface area (TPSA) is 107 Å². The summed E-state index contributed by atoms with van der Waals surface area (Å²) in [6.45, 7) is 3.78. The van der Waals surface area contributed by atoms with E-state index in [9.17, 15) is 4.79 Å². The molecule has 0 aromatic carbocycles. The van der Waals surface area contributed by atoms with Gasteiger partial charge in [-0.2, -0.15) is 0 Å². The molecule has 1 amide bonds. The van der Waals surface area contributed by atoms with Crippen molar-refractivity contribution < 1.29 is 4.79 Å². The average molecular weight is 156 g/mol. The highest BCUT2D eigenvalue weighted by Gasteiger charge is 1.98. The van der Waals surface area contributed by atoms with Gasteiger partial charge in [0.1, 0.15) is 0 Å². The first kappa shape index (κ1) is 9.48. The molecule has 0 saturated heterocycles. The Kier molecular flexibility index (Phi) is 3.72. The second-order valence-electron chi connectivity index (χ2n) is 2.02. The summed E-state index contributed by atoms with van der Waals surface area (Å²) in [5.41, 5.74) is 15.3. The Balaban J connectivity index is 3.64. The third-order valence-corrected chi connectivity index (χ3v) is 1.06. The van der Waals surface area contributed by atoms with Crippen LogP contribution in [0, 0.1) is 0 Å². The summed E-state index contributed by atoms with van der Waals surface area (Å²) in [6.07, 6.45) is 0.396. The lowest BCUT2D eigenvalue weighted by Crippen LogP contribution is -2.23. The van der Waals surface area contributed by atoms with Gasteiger partial charge in [-0.25, -0.2) is 0 Å². The normalized spacial score (nSPS) is 8.73. The molecule has 0 aliphatic carbocycles. The summed E-state index contributed by atoms with van der Waals surface area (Å²) in [7, 11) is 0. The molecule has 5 heteroatoms. The number of aliphatic imine (C=N–C) groups is 1. The fourth-order valence-electron chi connectivity index (χ4n) is 0.443. The van der Waals surface area contributed by atoms with Crippen molar-refractivity contribution in [2.75, 3.05) is 6.54 Å². The number of hydrogen-bond donors (Lipinski definition) is 3. The van der Waals surface area contributed by atoms with Gasteiger partial charge in [-0.1, -0.05) is 6.58 Å². The second-order valence-corrected chi connectivity index (χ2v) is 2.02. The van der Waals surface area contributed by atoms with Crippen LogP contribution in [0.1, 0.15) is 6.42 Å². The highest BCUT2D eigenvalue weighted by molar-refractivity contribution is 5.91. The summed E-state index contributed by atoms with van der Waals surface area (Å²) in [4.78, 5) is 14.0. The lowest BCUT2D eigenvalue weighted by Gasteiger charge is -1.96. The maximum Gasteiger partial charge on any atom is 0.244 e. The van der Waals surface area contributed by atoms with Crippen LogP contribution in [0.15, 0.2) is 17.1 Å². The number of hydrogen-bond acceptors (Lipinski definition) is 2. The van der Waals surface area contributed by atoms with Crippen molar-refractivity contribution in [3.8, 4) is 0 Å². The van der Waals surface area contributed by atoms with Crippen molar-refractivity contribution in [2.45, 2.75) is 6.42 Å². The Hall–Kier alpha value is -1.52. The molecule has 0 bridgehead atoms. The largest absolute Gasteiger partial charge is 0.370 e. The van der Waals surface area contributed by atoms with Gasteiger partial charge < -0.3 is 17.2 Å². The average Bonchev–Trinajstić information content (AvgIpc) is 1.86.